The van der Waals surface area contributed by atoms with Crippen LogP contribution < -0.4 is 16.4 Å². The third-order valence-corrected chi connectivity index (χ3v) is 1.55. The van der Waals surface area contributed by atoms with Crippen LogP contribution in [0.5, 0.6) is 0 Å². The molecule has 0 saturated carbocycles. The van der Waals surface area contributed by atoms with Gasteiger partial charge in [0.15, 0.2) is 0 Å². The number of amides is 2. The lowest BCUT2D eigenvalue weighted by atomic mass is 10.3. The molecular weight excluding hydrogens is 185 g/mol. The topological polar surface area (TPSA) is 67.1 Å². The third-order valence-electron chi connectivity index (χ3n) is 1.55. The maximum atomic E-state index is 11.7. The van der Waals surface area contributed by atoms with Gasteiger partial charge < -0.3 is 16.4 Å². The standard InChI is InChI=1S/C9H12FN3O/c10-5-6-12-9(14)13-8-3-1-7(11)2-4-8/h1-4H,5-6,11H2,(H2,12,13,14). The fourth-order valence-electron chi connectivity index (χ4n) is 0.903. The zero-order chi connectivity index (χ0) is 10.4. The van der Waals surface area contributed by atoms with Crippen LogP contribution in [0.3, 0.4) is 0 Å². The smallest absolute Gasteiger partial charge is 0.319 e. The summed E-state index contributed by atoms with van der Waals surface area (Å²) in [4.78, 5) is 11.0. The van der Waals surface area contributed by atoms with E-state index < -0.39 is 12.7 Å². The average molecular weight is 197 g/mol. The Morgan fingerprint density at radius 3 is 2.57 bits per heavy atom. The molecule has 0 atom stereocenters. The van der Waals surface area contributed by atoms with Gasteiger partial charge in [-0.15, -0.1) is 0 Å². The zero-order valence-corrected chi connectivity index (χ0v) is 7.59. The van der Waals surface area contributed by atoms with E-state index in [1.54, 1.807) is 24.3 Å². The van der Waals surface area contributed by atoms with Crippen LogP contribution in [0, 0.1) is 0 Å². The number of urea groups is 1. The fraction of sp³-hybridized carbons (Fsp3) is 0.222. The molecule has 0 bridgehead atoms. The van der Waals surface area contributed by atoms with Crippen LogP contribution in [-0.4, -0.2) is 19.3 Å². The summed E-state index contributed by atoms with van der Waals surface area (Å²) in [5.41, 5.74) is 6.71. The zero-order valence-electron chi connectivity index (χ0n) is 7.59. The monoisotopic (exact) mass is 197 g/mol. The Morgan fingerprint density at radius 1 is 1.36 bits per heavy atom. The number of carbonyl (C=O) groups is 1. The molecule has 0 heterocycles. The highest BCUT2D eigenvalue weighted by Gasteiger charge is 1.99. The predicted octanol–water partition coefficient (Wildman–Crippen LogP) is 1.36. The van der Waals surface area contributed by atoms with Gasteiger partial charge in [-0.25, -0.2) is 9.18 Å². The van der Waals surface area contributed by atoms with Gasteiger partial charge in [-0.05, 0) is 24.3 Å². The molecule has 4 N–H and O–H groups in total. The van der Waals surface area contributed by atoms with Crippen LogP contribution in [0.1, 0.15) is 0 Å². The van der Waals surface area contributed by atoms with Crippen LogP contribution in [0.2, 0.25) is 0 Å². The second kappa shape index (κ2) is 5.06. The molecule has 1 aromatic rings. The molecule has 0 aromatic heterocycles. The Hall–Kier alpha value is -1.78. The van der Waals surface area contributed by atoms with Crippen molar-refractivity contribution < 1.29 is 9.18 Å². The van der Waals surface area contributed by atoms with Crippen molar-refractivity contribution in [3.63, 3.8) is 0 Å². The largest absolute Gasteiger partial charge is 0.399 e. The summed E-state index contributed by atoms with van der Waals surface area (Å²) in [5.74, 6) is 0. The van der Waals surface area contributed by atoms with Crippen molar-refractivity contribution in [1.82, 2.24) is 5.32 Å². The summed E-state index contributed by atoms with van der Waals surface area (Å²) in [6, 6.07) is 6.26. The number of halogens is 1. The molecule has 0 spiro atoms. The Kier molecular flexibility index (Phi) is 3.72. The summed E-state index contributed by atoms with van der Waals surface area (Å²) in [6.07, 6.45) is 0. The van der Waals surface area contributed by atoms with Gasteiger partial charge in [0.2, 0.25) is 0 Å². The highest BCUT2D eigenvalue weighted by atomic mass is 19.1. The second-order valence-corrected chi connectivity index (χ2v) is 2.69. The normalized spacial score (nSPS) is 9.50. The van der Waals surface area contributed by atoms with Crippen molar-refractivity contribution in [2.45, 2.75) is 0 Å². The summed E-state index contributed by atoms with van der Waals surface area (Å²) in [5, 5.41) is 4.87. The Balaban J connectivity index is 2.44. The maximum absolute atomic E-state index is 11.7. The fourth-order valence-corrected chi connectivity index (χ4v) is 0.903. The summed E-state index contributed by atoms with van der Waals surface area (Å²) < 4.78 is 11.7. The first-order valence-electron chi connectivity index (χ1n) is 4.18. The molecule has 76 valence electrons. The minimum absolute atomic E-state index is 0.0147. The number of nitrogens with one attached hydrogen (secondary N) is 2. The molecule has 0 fully saturated rings. The van der Waals surface area contributed by atoms with E-state index in [-0.39, 0.29) is 6.54 Å². The van der Waals surface area contributed by atoms with Crippen molar-refractivity contribution in [1.29, 1.82) is 0 Å². The van der Waals surface area contributed by atoms with Crippen LogP contribution in [0.4, 0.5) is 20.6 Å². The van der Waals surface area contributed by atoms with Crippen LogP contribution in [0.15, 0.2) is 24.3 Å². The first-order chi connectivity index (χ1) is 6.72. The van der Waals surface area contributed by atoms with Crippen molar-refractivity contribution in [3.8, 4) is 0 Å². The second-order valence-electron chi connectivity index (χ2n) is 2.69. The van der Waals surface area contributed by atoms with Gasteiger partial charge in [-0.2, -0.15) is 0 Å². The third kappa shape index (κ3) is 3.30. The van der Waals surface area contributed by atoms with Gasteiger partial charge in [0.25, 0.3) is 0 Å². The lowest BCUT2D eigenvalue weighted by molar-refractivity contribution is 0.251. The van der Waals surface area contributed by atoms with E-state index in [0.29, 0.717) is 11.4 Å². The Bertz CT molecular complexity index is 299. The highest BCUT2D eigenvalue weighted by molar-refractivity contribution is 5.89. The van der Waals surface area contributed by atoms with Gasteiger partial charge in [-0.3, -0.25) is 0 Å². The van der Waals surface area contributed by atoms with E-state index in [1.807, 2.05) is 0 Å². The molecule has 0 saturated heterocycles. The number of anilines is 2. The molecule has 2 amide bonds. The van der Waals surface area contributed by atoms with Gasteiger partial charge in [0, 0.05) is 17.9 Å². The van der Waals surface area contributed by atoms with Crippen molar-refractivity contribution in [2.24, 2.45) is 0 Å². The molecule has 1 aromatic carbocycles. The van der Waals surface area contributed by atoms with Gasteiger partial charge >= 0.3 is 6.03 Å². The van der Waals surface area contributed by atoms with Gasteiger partial charge in [0.1, 0.15) is 6.67 Å². The minimum Gasteiger partial charge on any atom is -0.399 e. The Morgan fingerprint density at radius 2 is 2.00 bits per heavy atom. The SMILES string of the molecule is Nc1ccc(NC(=O)NCCF)cc1. The molecule has 0 aliphatic carbocycles. The van der Waals surface area contributed by atoms with Crippen molar-refractivity contribution in [3.05, 3.63) is 24.3 Å². The Labute approximate surface area is 81.3 Å². The molecule has 4 nitrogen and oxygen atoms in total. The molecule has 0 aliphatic rings. The van der Waals surface area contributed by atoms with Crippen molar-refractivity contribution >= 4 is 17.4 Å². The summed E-state index contributed by atoms with van der Waals surface area (Å²) in [7, 11) is 0. The lowest BCUT2D eigenvalue weighted by Gasteiger charge is -2.05. The average Bonchev–Trinajstić information content (AvgIpc) is 2.18. The van der Waals surface area contributed by atoms with Crippen LogP contribution in [-0.2, 0) is 0 Å². The van der Waals surface area contributed by atoms with E-state index in [0.717, 1.165) is 0 Å². The molecule has 0 aliphatic heterocycles. The van der Waals surface area contributed by atoms with Crippen LogP contribution >= 0.6 is 0 Å². The summed E-state index contributed by atoms with van der Waals surface area (Å²) in [6.45, 7) is -0.560. The van der Waals surface area contributed by atoms with E-state index in [4.69, 9.17) is 5.73 Å². The number of benzene rings is 1. The minimum atomic E-state index is -0.574. The molecular formula is C9H12FN3O. The number of alkyl halides is 1. The van der Waals surface area contributed by atoms with Gasteiger partial charge in [0.05, 0.1) is 0 Å². The van der Waals surface area contributed by atoms with E-state index in [2.05, 4.69) is 10.6 Å². The van der Waals surface area contributed by atoms with Crippen LogP contribution in [0.25, 0.3) is 0 Å². The number of carbonyl (C=O) groups excluding carboxylic acids is 1. The van der Waals surface area contributed by atoms with E-state index in [1.165, 1.54) is 0 Å². The molecule has 1 rings (SSSR count). The van der Waals surface area contributed by atoms with E-state index in [9.17, 15) is 9.18 Å². The molecule has 0 radical (unpaired) electrons. The predicted molar refractivity (Wildman–Crippen MR) is 53.9 cm³/mol. The molecule has 5 heteroatoms. The number of hydrogen-bond acceptors (Lipinski definition) is 2. The number of rotatable bonds is 3. The molecule has 14 heavy (non-hydrogen) atoms. The van der Waals surface area contributed by atoms with E-state index >= 15 is 0 Å². The lowest BCUT2D eigenvalue weighted by Crippen LogP contribution is -2.30. The summed E-state index contributed by atoms with van der Waals surface area (Å²) >= 11 is 0. The molecule has 0 unspecified atom stereocenters. The first kappa shape index (κ1) is 10.3. The van der Waals surface area contributed by atoms with Crippen molar-refractivity contribution in [2.75, 3.05) is 24.3 Å². The number of nitrogen functional groups attached to an aromatic ring is 1. The quantitative estimate of drug-likeness (QED) is 0.640. The highest BCUT2D eigenvalue weighted by Crippen LogP contribution is 2.09. The maximum Gasteiger partial charge on any atom is 0.319 e. The number of nitrogens with two attached hydrogens (primary N) is 1. The first-order valence-corrected chi connectivity index (χ1v) is 4.18. The number of hydrogen-bond donors (Lipinski definition) is 3. The van der Waals surface area contributed by atoms with Gasteiger partial charge in [-0.1, -0.05) is 0 Å².